The molecule has 0 spiro atoms. The molecule has 1 fully saturated rings. The van der Waals surface area contributed by atoms with Gasteiger partial charge in [0.05, 0.1) is 36.5 Å². The molecule has 1 aromatic carbocycles. The van der Waals surface area contributed by atoms with Gasteiger partial charge in [-0.25, -0.2) is 18.9 Å². The van der Waals surface area contributed by atoms with Crippen LogP contribution in [0.2, 0.25) is 0 Å². The highest BCUT2D eigenvalue weighted by Crippen LogP contribution is 2.35. The average molecular weight is 434 g/mol. The second-order valence-electron chi connectivity index (χ2n) is 7.42. The second-order valence-corrected chi connectivity index (χ2v) is 7.42. The number of hydrogen-bond donors (Lipinski definition) is 2. The molecule has 3 aromatic heterocycles. The lowest BCUT2D eigenvalue weighted by Gasteiger charge is -2.40. The maximum absolute atomic E-state index is 13.5. The van der Waals surface area contributed by atoms with E-state index in [2.05, 4.69) is 20.4 Å². The Labute approximate surface area is 181 Å². The number of nitrogens with two attached hydrogens (primary N) is 1. The summed E-state index contributed by atoms with van der Waals surface area (Å²) in [6.07, 6.45) is 3.87. The molecule has 3 N–H and O–H groups in total. The highest BCUT2D eigenvalue weighted by Gasteiger charge is 2.33. The molecule has 0 saturated carbocycles. The standard InChI is InChI=1S/C21H19FN8O2/c22-14-3-1-13(2-4-14)20-21(29(11-24-20)15-8-28(9-15)19(32)7-23)16-5-6-18-26-17(25-12-31)10-30(18)27-16/h1-6,10-12,15H,7-9,23H2,(H,25,31). The molecule has 5 rings (SSSR count). The third-order valence-corrected chi connectivity index (χ3v) is 5.46. The van der Waals surface area contributed by atoms with Crippen molar-refractivity contribution in [2.75, 3.05) is 25.0 Å². The van der Waals surface area contributed by atoms with Gasteiger partial charge in [-0.15, -0.1) is 0 Å². The van der Waals surface area contributed by atoms with E-state index in [9.17, 15) is 14.0 Å². The molecule has 1 saturated heterocycles. The topological polar surface area (TPSA) is 123 Å². The number of nitrogens with zero attached hydrogens (tertiary/aromatic N) is 6. The number of anilines is 1. The van der Waals surface area contributed by atoms with E-state index in [0.717, 1.165) is 11.3 Å². The number of nitrogens with one attached hydrogen (secondary N) is 1. The van der Waals surface area contributed by atoms with Crippen molar-refractivity contribution < 1.29 is 14.0 Å². The van der Waals surface area contributed by atoms with Gasteiger partial charge in [-0.1, -0.05) is 0 Å². The van der Waals surface area contributed by atoms with Crippen LogP contribution in [0, 0.1) is 5.82 Å². The molecule has 0 bridgehead atoms. The number of halogens is 1. The number of aromatic nitrogens is 5. The number of benzene rings is 1. The second kappa shape index (κ2) is 7.85. The van der Waals surface area contributed by atoms with Crippen LogP contribution in [0.1, 0.15) is 6.04 Å². The maximum Gasteiger partial charge on any atom is 0.236 e. The Hall–Kier alpha value is -4.12. The summed E-state index contributed by atoms with van der Waals surface area (Å²) in [5.41, 5.74) is 8.78. The smallest absolute Gasteiger partial charge is 0.236 e. The lowest BCUT2D eigenvalue weighted by molar-refractivity contribution is -0.135. The molecule has 162 valence electrons. The summed E-state index contributed by atoms with van der Waals surface area (Å²) >= 11 is 0. The minimum Gasteiger partial charge on any atom is -0.337 e. The number of carbonyl (C=O) groups is 2. The average Bonchev–Trinajstić information content (AvgIpc) is 3.36. The number of imidazole rings is 2. The van der Waals surface area contributed by atoms with Gasteiger partial charge in [-0.3, -0.25) is 9.59 Å². The Morgan fingerprint density at radius 2 is 2.00 bits per heavy atom. The first-order valence-electron chi connectivity index (χ1n) is 9.95. The predicted molar refractivity (Wildman–Crippen MR) is 114 cm³/mol. The van der Waals surface area contributed by atoms with Crippen LogP contribution >= 0.6 is 0 Å². The van der Waals surface area contributed by atoms with Crippen molar-refractivity contribution in [2.45, 2.75) is 6.04 Å². The van der Waals surface area contributed by atoms with E-state index in [1.807, 2.05) is 10.6 Å². The highest BCUT2D eigenvalue weighted by molar-refractivity contribution is 5.80. The lowest BCUT2D eigenvalue weighted by Crippen LogP contribution is -2.52. The van der Waals surface area contributed by atoms with E-state index < -0.39 is 0 Å². The molecule has 0 radical (unpaired) electrons. The van der Waals surface area contributed by atoms with Crippen molar-refractivity contribution in [1.29, 1.82) is 0 Å². The zero-order chi connectivity index (χ0) is 22.2. The first kappa shape index (κ1) is 19.8. The number of carbonyl (C=O) groups excluding carboxylic acids is 2. The lowest BCUT2D eigenvalue weighted by atomic mass is 10.1. The summed E-state index contributed by atoms with van der Waals surface area (Å²) < 4.78 is 17.0. The van der Waals surface area contributed by atoms with Crippen molar-refractivity contribution in [2.24, 2.45) is 5.73 Å². The van der Waals surface area contributed by atoms with Crippen LogP contribution in [0.4, 0.5) is 10.2 Å². The van der Waals surface area contributed by atoms with Gasteiger partial charge in [0.1, 0.15) is 11.5 Å². The molecule has 0 atom stereocenters. The number of likely N-dealkylation sites (tertiary alicyclic amines) is 1. The highest BCUT2D eigenvalue weighted by atomic mass is 19.1. The van der Waals surface area contributed by atoms with Crippen LogP contribution in [-0.2, 0) is 9.59 Å². The molecule has 1 aliphatic heterocycles. The Balaban J connectivity index is 1.59. The molecular formula is C21H19FN8O2. The molecule has 2 amide bonds. The molecular weight excluding hydrogens is 415 g/mol. The largest absolute Gasteiger partial charge is 0.337 e. The minimum absolute atomic E-state index is 0.00905. The van der Waals surface area contributed by atoms with Gasteiger partial charge in [0.15, 0.2) is 11.5 Å². The SMILES string of the molecule is NCC(=O)N1CC(n2cnc(-c3ccc(F)cc3)c2-c2ccc3nc(NC=O)cn3n2)C1. The summed E-state index contributed by atoms with van der Waals surface area (Å²) in [4.78, 5) is 33.2. The van der Waals surface area contributed by atoms with Crippen molar-refractivity contribution in [3.05, 3.63) is 54.7 Å². The first-order chi connectivity index (χ1) is 15.6. The summed E-state index contributed by atoms with van der Waals surface area (Å²) in [6, 6.07) is 9.70. The van der Waals surface area contributed by atoms with E-state index >= 15 is 0 Å². The van der Waals surface area contributed by atoms with Gasteiger partial charge in [0, 0.05) is 18.7 Å². The van der Waals surface area contributed by atoms with E-state index in [-0.39, 0.29) is 24.3 Å². The number of fused-ring (bicyclic) bond motifs is 1. The van der Waals surface area contributed by atoms with Crippen molar-refractivity contribution >= 4 is 23.8 Å². The quantitative estimate of drug-likeness (QED) is 0.441. The van der Waals surface area contributed by atoms with Crippen LogP contribution in [0.3, 0.4) is 0 Å². The number of rotatable bonds is 6. The van der Waals surface area contributed by atoms with E-state index in [1.54, 1.807) is 40.1 Å². The van der Waals surface area contributed by atoms with Crippen molar-refractivity contribution in [3.8, 4) is 22.6 Å². The maximum atomic E-state index is 13.5. The van der Waals surface area contributed by atoms with Crippen molar-refractivity contribution in [1.82, 2.24) is 29.0 Å². The van der Waals surface area contributed by atoms with Crippen LogP contribution < -0.4 is 11.1 Å². The molecule has 1 aliphatic rings. The molecule has 4 heterocycles. The van der Waals surface area contributed by atoms with Crippen LogP contribution in [0.25, 0.3) is 28.3 Å². The third-order valence-electron chi connectivity index (χ3n) is 5.46. The Morgan fingerprint density at radius 1 is 1.22 bits per heavy atom. The van der Waals surface area contributed by atoms with Gasteiger partial charge >= 0.3 is 0 Å². The first-order valence-corrected chi connectivity index (χ1v) is 9.95. The molecule has 0 unspecified atom stereocenters. The fraction of sp³-hybridized carbons (Fsp3) is 0.190. The van der Waals surface area contributed by atoms with E-state index in [4.69, 9.17) is 5.73 Å². The van der Waals surface area contributed by atoms with Crippen molar-refractivity contribution in [3.63, 3.8) is 0 Å². The fourth-order valence-corrected chi connectivity index (χ4v) is 3.81. The molecule has 4 aromatic rings. The van der Waals surface area contributed by atoms with Crippen LogP contribution in [0.15, 0.2) is 48.9 Å². The van der Waals surface area contributed by atoms with Crippen LogP contribution in [-0.4, -0.2) is 61.0 Å². The molecule has 10 nitrogen and oxygen atoms in total. The molecule has 11 heteroatoms. The van der Waals surface area contributed by atoms with E-state index in [1.165, 1.54) is 12.1 Å². The summed E-state index contributed by atoms with van der Waals surface area (Å²) in [7, 11) is 0. The van der Waals surface area contributed by atoms with Crippen LogP contribution in [0.5, 0.6) is 0 Å². The minimum atomic E-state index is -0.335. The molecule has 0 aliphatic carbocycles. The predicted octanol–water partition coefficient (Wildman–Crippen LogP) is 1.31. The van der Waals surface area contributed by atoms with E-state index in [0.29, 0.717) is 42.4 Å². The summed E-state index contributed by atoms with van der Waals surface area (Å²) in [6.45, 7) is 1.01. The number of hydrogen-bond acceptors (Lipinski definition) is 6. The third kappa shape index (κ3) is 3.38. The van der Waals surface area contributed by atoms with Gasteiger partial charge in [0.2, 0.25) is 12.3 Å². The molecule has 32 heavy (non-hydrogen) atoms. The Morgan fingerprint density at radius 3 is 2.72 bits per heavy atom. The zero-order valence-corrected chi connectivity index (χ0v) is 16.8. The van der Waals surface area contributed by atoms with Gasteiger partial charge in [0.25, 0.3) is 0 Å². The zero-order valence-electron chi connectivity index (χ0n) is 16.8. The van der Waals surface area contributed by atoms with Gasteiger partial charge in [-0.2, -0.15) is 5.10 Å². The summed E-state index contributed by atoms with van der Waals surface area (Å²) in [5.74, 6) is -0.0560. The van der Waals surface area contributed by atoms with Gasteiger partial charge < -0.3 is 20.5 Å². The summed E-state index contributed by atoms with van der Waals surface area (Å²) in [5, 5.41) is 7.17. The van der Waals surface area contributed by atoms with Gasteiger partial charge in [-0.05, 0) is 36.4 Å². The Bertz CT molecular complexity index is 1310. The normalized spacial score (nSPS) is 13.9. The monoisotopic (exact) mass is 434 g/mol. The fourth-order valence-electron chi connectivity index (χ4n) is 3.81. The Kier molecular flexibility index (Phi) is 4.86. The number of amides is 2.